The van der Waals surface area contributed by atoms with Crippen LogP contribution in [0.1, 0.15) is 54.4 Å². The van der Waals surface area contributed by atoms with E-state index in [-0.39, 0.29) is 5.97 Å². The monoisotopic (exact) mass is 232 g/mol. The van der Waals surface area contributed by atoms with E-state index in [0.29, 0.717) is 5.56 Å². The van der Waals surface area contributed by atoms with Crippen LogP contribution in [-0.4, -0.2) is 13.1 Å². The molecule has 0 spiro atoms. The maximum absolute atomic E-state index is 11.3. The van der Waals surface area contributed by atoms with Gasteiger partial charge in [0.05, 0.1) is 12.7 Å². The fourth-order valence-electron chi connectivity index (χ4n) is 2.43. The Morgan fingerprint density at radius 1 is 1.35 bits per heavy atom. The fourth-order valence-corrected chi connectivity index (χ4v) is 2.43. The number of carbonyl (C=O) groups is 1. The Morgan fingerprint density at radius 2 is 2.06 bits per heavy atom. The molecule has 0 aliphatic heterocycles. The van der Waals surface area contributed by atoms with Crippen LogP contribution in [-0.2, 0) is 4.74 Å². The van der Waals surface area contributed by atoms with Crippen molar-refractivity contribution in [3.05, 3.63) is 35.4 Å². The van der Waals surface area contributed by atoms with Crippen molar-refractivity contribution >= 4 is 5.97 Å². The average Bonchev–Trinajstić information content (AvgIpc) is 3.15. The zero-order chi connectivity index (χ0) is 12.3. The van der Waals surface area contributed by atoms with Crippen LogP contribution in [0, 0.1) is 5.92 Å². The van der Waals surface area contributed by atoms with Crippen LogP contribution in [0.15, 0.2) is 24.3 Å². The molecule has 2 atom stereocenters. The van der Waals surface area contributed by atoms with Gasteiger partial charge >= 0.3 is 5.97 Å². The van der Waals surface area contributed by atoms with Crippen LogP contribution >= 0.6 is 0 Å². The molecule has 2 heteroatoms. The van der Waals surface area contributed by atoms with Crippen molar-refractivity contribution < 1.29 is 9.53 Å². The van der Waals surface area contributed by atoms with E-state index >= 15 is 0 Å². The minimum atomic E-state index is -0.255. The first kappa shape index (κ1) is 12.2. The topological polar surface area (TPSA) is 26.3 Å². The first-order valence-electron chi connectivity index (χ1n) is 6.44. The number of methoxy groups -OCH3 is 1. The van der Waals surface area contributed by atoms with Gasteiger partial charge < -0.3 is 4.74 Å². The third kappa shape index (κ3) is 2.87. The van der Waals surface area contributed by atoms with Gasteiger partial charge in [0.1, 0.15) is 0 Å². The number of esters is 1. The van der Waals surface area contributed by atoms with Crippen LogP contribution in [0.4, 0.5) is 0 Å². The molecule has 1 aliphatic rings. The highest BCUT2D eigenvalue weighted by atomic mass is 16.5. The molecule has 1 aromatic carbocycles. The molecule has 0 radical (unpaired) electrons. The normalized spacial score (nSPS) is 22.2. The van der Waals surface area contributed by atoms with E-state index in [4.69, 9.17) is 0 Å². The van der Waals surface area contributed by atoms with Gasteiger partial charge in [-0.1, -0.05) is 31.9 Å². The van der Waals surface area contributed by atoms with Gasteiger partial charge in [-0.3, -0.25) is 0 Å². The third-order valence-corrected chi connectivity index (χ3v) is 3.61. The molecule has 17 heavy (non-hydrogen) atoms. The first-order valence-corrected chi connectivity index (χ1v) is 6.44. The lowest BCUT2D eigenvalue weighted by molar-refractivity contribution is 0.0600. The fraction of sp³-hybridized carbons (Fsp3) is 0.533. The van der Waals surface area contributed by atoms with Crippen LogP contribution < -0.4 is 0 Å². The number of carbonyl (C=O) groups excluding carboxylic acids is 1. The predicted molar refractivity (Wildman–Crippen MR) is 68.2 cm³/mol. The van der Waals surface area contributed by atoms with Crippen molar-refractivity contribution in [3.8, 4) is 0 Å². The summed E-state index contributed by atoms with van der Waals surface area (Å²) in [7, 11) is 1.41. The van der Waals surface area contributed by atoms with Gasteiger partial charge in [-0.25, -0.2) is 4.79 Å². The number of ether oxygens (including phenoxy) is 1. The standard InChI is InChI=1S/C15H20O2/c1-3-4-5-13-10-14(13)11-6-8-12(9-7-11)15(16)17-2/h6-9,13-14H,3-5,10H2,1-2H3/t13-,14+/m1/s1. The van der Waals surface area contributed by atoms with Crippen molar-refractivity contribution in [2.75, 3.05) is 7.11 Å². The Kier molecular flexibility index (Phi) is 3.82. The SMILES string of the molecule is CCCC[C@@H]1C[C@H]1c1ccc(C(=O)OC)cc1. The van der Waals surface area contributed by atoms with Crippen molar-refractivity contribution in [1.29, 1.82) is 0 Å². The molecular formula is C15H20O2. The second-order valence-electron chi connectivity index (χ2n) is 4.86. The number of hydrogen-bond acceptors (Lipinski definition) is 2. The molecule has 2 rings (SSSR count). The summed E-state index contributed by atoms with van der Waals surface area (Å²) in [5.74, 6) is 1.35. The molecule has 1 saturated carbocycles. The van der Waals surface area contributed by atoms with E-state index in [2.05, 4.69) is 23.8 Å². The van der Waals surface area contributed by atoms with Crippen LogP contribution in [0.5, 0.6) is 0 Å². The molecule has 1 fully saturated rings. The van der Waals surface area contributed by atoms with Crippen molar-refractivity contribution in [2.45, 2.75) is 38.5 Å². The molecule has 0 saturated heterocycles. The summed E-state index contributed by atoms with van der Waals surface area (Å²) in [5, 5.41) is 0. The molecule has 1 aliphatic carbocycles. The lowest BCUT2D eigenvalue weighted by Crippen LogP contribution is -2.00. The van der Waals surface area contributed by atoms with Gasteiger partial charge in [0, 0.05) is 0 Å². The van der Waals surface area contributed by atoms with Crippen LogP contribution in [0.25, 0.3) is 0 Å². The van der Waals surface area contributed by atoms with Crippen molar-refractivity contribution in [2.24, 2.45) is 5.92 Å². The van der Waals surface area contributed by atoms with E-state index in [0.717, 1.165) is 11.8 Å². The van der Waals surface area contributed by atoms with E-state index in [1.807, 2.05) is 12.1 Å². The largest absolute Gasteiger partial charge is 0.465 e. The molecule has 1 aromatic rings. The number of rotatable bonds is 5. The molecule has 0 aromatic heterocycles. The average molecular weight is 232 g/mol. The second-order valence-corrected chi connectivity index (χ2v) is 4.86. The smallest absolute Gasteiger partial charge is 0.337 e. The van der Waals surface area contributed by atoms with Gasteiger partial charge in [-0.15, -0.1) is 0 Å². The molecule has 0 bridgehead atoms. The molecule has 0 heterocycles. The second kappa shape index (κ2) is 5.35. The lowest BCUT2D eigenvalue weighted by Gasteiger charge is -2.02. The maximum atomic E-state index is 11.3. The minimum Gasteiger partial charge on any atom is -0.465 e. The van der Waals surface area contributed by atoms with Gasteiger partial charge in [0.15, 0.2) is 0 Å². The van der Waals surface area contributed by atoms with E-state index < -0.39 is 0 Å². The molecule has 0 N–H and O–H groups in total. The zero-order valence-electron chi connectivity index (χ0n) is 10.6. The highest BCUT2D eigenvalue weighted by Gasteiger charge is 2.37. The highest BCUT2D eigenvalue weighted by molar-refractivity contribution is 5.89. The maximum Gasteiger partial charge on any atom is 0.337 e. The predicted octanol–water partition coefficient (Wildman–Crippen LogP) is 3.77. The third-order valence-electron chi connectivity index (χ3n) is 3.61. The summed E-state index contributed by atoms with van der Waals surface area (Å²) in [4.78, 5) is 11.3. The molecule has 92 valence electrons. The minimum absolute atomic E-state index is 0.255. The van der Waals surface area contributed by atoms with Crippen LogP contribution in [0.3, 0.4) is 0 Å². The molecular weight excluding hydrogens is 212 g/mol. The number of benzene rings is 1. The summed E-state index contributed by atoms with van der Waals surface area (Å²) in [6, 6.07) is 7.89. The summed E-state index contributed by atoms with van der Waals surface area (Å²) < 4.78 is 4.69. The summed E-state index contributed by atoms with van der Waals surface area (Å²) >= 11 is 0. The van der Waals surface area contributed by atoms with Gasteiger partial charge in [-0.05, 0) is 42.4 Å². The Hall–Kier alpha value is -1.31. The van der Waals surface area contributed by atoms with Gasteiger partial charge in [0.2, 0.25) is 0 Å². The summed E-state index contributed by atoms with van der Waals surface area (Å²) in [5.41, 5.74) is 2.01. The van der Waals surface area contributed by atoms with Crippen molar-refractivity contribution in [3.63, 3.8) is 0 Å². The highest BCUT2D eigenvalue weighted by Crippen LogP contribution is 2.50. The van der Waals surface area contributed by atoms with Crippen LogP contribution in [0.2, 0.25) is 0 Å². The van der Waals surface area contributed by atoms with E-state index in [1.165, 1.54) is 38.4 Å². The zero-order valence-corrected chi connectivity index (χ0v) is 10.6. The summed E-state index contributed by atoms with van der Waals surface area (Å²) in [6.07, 6.45) is 5.28. The first-order chi connectivity index (χ1) is 8.26. The van der Waals surface area contributed by atoms with Gasteiger partial charge in [0.25, 0.3) is 0 Å². The number of unbranched alkanes of at least 4 members (excludes halogenated alkanes) is 1. The van der Waals surface area contributed by atoms with E-state index in [1.54, 1.807) is 0 Å². The van der Waals surface area contributed by atoms with Gasteiger partial charge in [-0.2, -0.15) is 0 Å². The Balaban J connectivity index is 1.93. The Labute approximate surface area is 103 Å². The summed E-state index contributed by atoms with van der Waals surface area (Å²) in [6.45, 7) is 2.24. The van der Waals surface area contributed by atoms with Crippen molar-refractivity contribution in [1.82, 2.24) is 0 Å². The lowest BCUT2D eigenvalue weighted by atomic mass is 10.0. The van der Waals surface area contributed by atoms with E-state index in [9.17, 15) is 4.79 Å². The molecule has 0 unspecified atom stereocenters. The quantitative estimate of drug-likeness (QED) is 0.722. The number of hydrogen-bond donors (Lipinski definition) is 0. The Bertz CT molecular complexity index is 380. The Morgan fingerprint density at radius 3 is 2.65 bits per heavy atom. The molecule has 0 amide bonds. The molecule has 2 nitrogen and oxygen atoms in total.